The van der Waals surface area contributed by atoms with E-state index in [1.54, 1.807) is 42.1 Å². The van der Waals surface area contributed by atoms with E-state index in [0.717, 1.165) is 27.1 Å². The average Bonchev–Trinajstić information content (AvgIpc) is 2.88. The first-order valence-electron chi connectivity index (χ1n) is 12.1. The van der Waals surface area contributed by atoms with Crippen molar-refractivity contribution in [3.8, 4) is 0 Å². The molecule has 4 rings (SSSR count). The van der Waals surface area contributed by atoms with E-state index < -0.39 is 15.9 Å². The summed E-state index contributed by atoms with van der Waals surface area (Å²) in [4.78, 5) is 14.3. The number of thioether (sulfide) groups is 1. The van der Waals surface area contributed by atoms with E-state index in [1.165, 1.54) is 4.31 Å². The third-order valence-electron chi connectivity index (χ3n) is 5.99. The van der Waals surface area contributed by atoms with Crippen molar-refractivity contribution in [2.24, 2.45) is 0 Å². The van der Waals surface area contributed by atoms with E-state index in [4.69, 9.17) is 11.6 Å². The Balaban J connectivity index is 1.59. The van der Waals surface area contributed by atoms with Crippen LogP contribution in [0.15, 0.2) is 101 Å². The molecule has 0 aliphatic carbocycles. The molecule has 38 heavy (non-hydrogen) atoms. The van der Waals surface area contributed by atoms with Gasteiger partial charge in [0.15, 0.2) is 0 Å². The van der Waals surface area contributed by atoms with Crippen LogP contribution in [-0.2, 0) is 20.6 Å². The van der Waals surface area contributed by atoms with Crippen LogP contribution in [0, 0.1) is 20.8 Å². The highest BCUT2D eigenvalue weighted by atomic mass is 35.5. The predicted molar refractivity (Wildman–Crippen MR) is 158 cm³/mol. The third kappa shape index (κ3) is 6.78. The number of amides is 1. The largest absolute Gasteiger partial charge is 0.323 e. The summed E-state index contributed by atoms with van der Waals surface area (Å²) in [6, 6.07) is 27.3. The Morgan fingerprint density at radius 2 is 1.53 bits per heavy atom. The number of carbonyl (C=O) groups is 1. The fraction of sp³-hybridized carbons (Fsp3) is 0.167. The predicted octanol–water partition coefficient (Wildman–Crippen LogP) is 7.39. The Morgan fingerprint density at radius 1 is 0.868 bits per heavy atom. The highest BCUT2D eigenvalue weighted by molar-refractivity contribution is 7.98. The normalized spacial score (nSPS) is 11.3. The second kappa shape index (κ2) is 12.1. The van der Waals surface area contributed by atoms with E-state index >= 15 is 0 Å². The minimum absolute atomic E-state index is 0.134. The molecule has 8 heteroatoms. The number of nitrogens with one attached hydrogen (secondary N) is 1. The summed E-state index contributed by atoms with van der Waals surface area (Å²) in [5.74, 6) is 0.265. The Morgan fingerprint density at radius 3 is 2.21 bits per heavy atom. The topological polar surface area (TPSA) is 66.5 Å². The Bertz CT molecular complexity index is 1540. The van der Waals surface area contributed by atoms with Gasteiger partial charge < -0.3 is 5.32 Å². The number of carbonyl (C=O) groups excluding carboxylic acids is 1. The minimum atomic E-state index is -4.00. The van der Waals surface area contributed by atoms with Crippen molar-refractivity contribution in [2.75, 3.05) is 16.2 Å². The van der Waals surface area contributed by atoms with Crippen LogP contribution in [0.4, 0.5) is 11.4 Å². The standard InChI is InChI=1S/C30H29ClN2O3S2/c1-21-8-15-26(16-9-21)38(35,36)33(28-17-10-22(2)18-23(28)3)19-30(34)32-27-6-4-5-7-29(27)37-20-24-11-13-25(31)14-12-24/h4-18H,19-20H2,1-3H3,(H,32,34). The summed E-state index contributed by atoms with van der Waals surface area (Å²) in [5.41, 5.74) is 4.93. The highest BCUT2D eigenvalue weighted by Crippen LogP contribution is 2.31. The first-order chi connectivity index (χ1) is 18.1. The van der Waals surface area contributed by atoms with Gasteiger partial charge in [-0.15, -0.1) is 11.8 Å². The monoisotopic (exact) mass is 564 g/mol. The lowest BCUT2D eigenvalue weighted by Gasteiger charge is -2.26. The molecule has 0 unspecified atom stereocenters. The quantitative estimate of drug-likeness (QED) is 0.215. The van der Waals surface area contributed by atoms with Crippen molar-refractivity contribution in [2.45, 2.75) is 36.3 Å². The molecule has 0 aliphatic heterocycles. The number of hydrogen-bond acceptors (Lipinski definition) is 4. The maximum atomic E-state index is 13.8. The van der Waals surface area contributed by atoms with Gasteiger partial charge in [-0.25, -0.2) is 8.42 Å². The van der Waals surface area contributed by atoms with Gasteiger partial charge in [0.25, 0.3) is 10.0 Å². The van der Waals surface area contributed by atoms with Crippen molar-refractivity contribution in [1.82, 2.24) is 0 Å². The van der Waals surface area contributed by atoms with E-state index in [-0.39, 0.29) is 11.4 Å². The molecule has 0 atom stereocenters. The molecule has 196 valence electrons. The van der Waals surface area contributed by atoms with Crippen molar-refractivity contribution < 1.29 is 13.2 Å². The van der Waals surface area contributed by atoms with Crippen LogP contribution in [0.3, 0.4) is 0 Å². The van der Waals surface area contributed by atoms with E-state index in [9.17, 15) is 13.2 Å². The molecule has 0 bridgehead atoms. The molecule has 0 aromatic heterocycles. The van der Waals surface area contributed by atoms with Crippen molar-refractivity contribution >= 4 is 50.7 Å². The number of aryl methyl sites for hydroxylation is 3. The molecule has 1 N–H and O–H groups in total. The molecular weight excluding hydrogens is 536 g/mol. The molecular formula is C30H29ClN2O3S2. The van der Waals surface area contributed by atoms with Gasteiger partial charge in [-0.05, 0) is 74.4 Å². The number of sulfonamides is 1. The molecule has 0 radical (unpaired) electrons. The van der Waals surface area contributed by atoms with Crippen LogP contribution >= 0.6 is 23.4 Å². The number of rotatable bonds is 9. The van der Waals surface area contributed by atoms with Crippen molar-refractivity contribution in [1.29, 1.82) is 0 Å². The molecule has 4 aromatic rings. The van der Waals surface area contributed by atoms with E-state index in [2.05, 4.69) is 5.32 Å². The smallest absolute Gasteiger partial charge is 0.264 e. The van der Waals surface area contributed by atoms with Gasteiger partial charge in [-0.2, -0.15) is 0 Å². The lowest BCUT2D eigenvalue weighted by molar-refractivity contribution is -0.114. The number of anilines is 2. The summed E-state index contributed by atoms with van der Waals surface area (Å²) in [7, 11) is -4.00. The Hall–Kier alpha value is -3.26. The number of halogens is 1. The fourth-order valence-electron chi connectivity index (χ4n) is 3.98. The van der Waals surface area contributed by atoms with Crippen LogP contribution in [0.2, 0.25) is 5.02 Å². The molecule has 4 aromatic carbocycles. The van der Waals surface area contributed by atoms with Gasteiger partial charge in [-0.3, -0.25) is 9.10 Å². The number of para-hydroxylation sites is 1. The maximum Gasteiger partial charge on any atom is 0.264 e. The van der Waals surface area contributed by atoms with Crippen molar-refractivity contribution in [3.05, 3.63) is 118 Å². The molecule has 0 heterocycles. The highest BCUT2D eigenvalue weighted by Gasteiger charge is 2.28. The van der Waals surface area contributed by atoms with Crippen LogP contribution in [0.5, 0.6) is 0 Å². The van der Waals surface area contributed by atoms with Crippen LogP contribution in [0.1, 0.15) is 22.3 Å². The number of benzene rings is 4. The van der Waals surface area contributed by atoms with Gasteiger partial charge in [0.2, 0.25) is 5.91 Å². The molecule has 1 amide bonds. The zero-order valence-electron chi connectivity index (χ0n) is 21.4. The van der Waals surface area contributed by atoms with Gasteiger partial charge in [0.05, 0.1) is 16.3 Å². The summed E-state index contributed by atoms with van der Waals surface area (Å²) >= 11 is 7.57. The second-order valence-corrected chi connectivity index (χ2v) is 12.4. The number of hydrogen-bond donors (Lipinski definition) is 1. The Labute approximate surface area is 233 Å². The first-order valence-corrected chi connectivity index (χ1v) is 14.9. The molecule has 5 nitrogen and oxygen atoms in total. The lowest BCUT2D eigenvalue weighted by Crippen LogP contribution is -2.38. The Kier molecular flexibility index (Phi) is 8.82. The zero-order valence-corrected chi connectivity index (χ0v) is 23.8. The zero-order chi connectivity index (χ0) is 27.3. The second-order valence-electron chi connectivity index (χ2n) is 9.07. The molecule has 0 fully saturated rings. The van der Waals surface area contributed by atoms with Gasteiger partial charge in [0, 0.05) is 15.7 Å². The maximum absolute atomic E-state index is 13.8. The molecule has 0 saturated heterocycles. The molecule has 0 spiro atoms. The van der Waals surface area contributed by atoms with Gasteiger partial charge in [0.1, 0.15) is 6.54 Å². The summed E-state index contributed by atoms with van der Waals surface area (Å²) < 4.78 is 28.7. The van der Waals surface area contributed by atoms with Crippen LogP contribution in [-0.4, -0.2) is 20.9 Å². The summed E-state index contributed by atoms with van der Waals surface area (Å²) in [5, 5.41) is 3.61. The van der Waals surface area contributed by atoms with E-state index in [1.807, 2.05) is 81.4 Å². The van der Waals surface area contributed by atoms with Gasteiger partial charge in [-0.1, -0.05) is 71.3 Å². The fourth-order valence-corrected chi connectivity index (χ4v) is 6.56. The molecule has 0 saturated carbocycles. The SMILES string of the molecule is Cc1ccc(S(=O)(=O)N(CC(=O)Nc2ccccc2SCc2ccc(Cl)cc2)c2ccc(C)cc2C)cc1. The minimum Gasteiger partial charge on any atom is -0.323 e. The lowest BCUT2D eigenvalue weighted by atomic mass is 10.1. The van der Waals surface area contributed by atoms with Gasteiger partial charge >= 0.3 is 0 Å². The summed E-state index contributed by atoms with van der Waals surface area (Å²) in [6.45, 7) is 5.33. The third-order valence-corrected chi connectivity index (χ3v) is 9.16. The van der Waals surface area contributed by atoms with Crippen molar-refractivity contribution in [3.63, 3.8) is 0 Å². The first kappa shape index (κ1) is 27.8. The molecule has 0 aliphatic rings. The summed E-state index contributed by atoms with van der Waals surface area (Å²) in [6.07, 6.45) is 0. The average molecular weight is 565 g/mol. The number of nitrogens with zero attached hydrogens (tertiary/aromatic N) is 1. The van der Waals surface area contributed by atoms with E-state index in [0.29, 0.717) is 22.2 Å². The van der Waals surface area contributed by atoms with Crippen LogP contribution in [0.25, 0.3) is 0 Å². The van der Waals surface area contributed by atoms with Crippen LogP contribution < -0.4 is 9.62 Å².